The number of carbonyl (C=O) groups excluding carboxylic acids is 2. The molecule has 0 fully saturated rings. The fraction of sp³-hybridized carbons (Fsp3) is 0.529. The maximum absolute atomic E-state index is 12.1. The van der Waals surface area contributed by atoms with Crippen LogP contribution in [0.15, 0.2) is 24.3 Å². The van der Waals surface area contributed by atoms with Crippen LogP contribution < -0.4 is 10.1 Å². The molecular formula is C17H25NO5. The lowest BCUT2D eigenvalue weighted by Crippen LogP contribution is -2.45. The van der Waals surface area contributed by atoms with Gasteiger partial charge in [-0.2, -0.15) is 0 Å². The number of ether oxygens (including phenoxy) is 3. The third-order valence-electron chi connectivity index (χ3n) is 2.86. The van der Waals surface area contributed by atoms with Gasteiger partial charge in [0.2, 0.25) is 0 Å². The van der Waals surface area contributed by atoms with Gasteiger partial charge in [0.25, 0.3) is 0 Å². The lowest BCUT2D eigenvalue weighted by atomic mass is 10.1. The molecule has 128 valence electrons. The van der Waals surface area contributed by atoms with E-state index in [9.17, 15) is 9.59 Å². The maximum atomic E-state index is 12.1. The van der Waals surface area contributed by atoms with Crippen molar-refractivity contribution in [3.63, 3.8) is 0 Å². The summed E-state index contributed by atoms with van der Waals surface area (Å²) in [7, 11) is 1.58. The molecule has 1 N–H and O–H groups in total. The summed E-state index contributed by atoms with van der Waals surface area (Å²) in [4.78, 5) is 24.0. The smallest absolute Gasteiger partial charge is 0.408 e. The van der Waals surface area contributed by atoms with Crippen LogP contribution in [-0.2, 0) is 20.7 Å². The Morgan fingerprint density at radius 3 is 2.26 bits per heavy atom. The molecule has 1 amide bonds. The van der Waals surface area contributed by atoms with Gasteiger partial charge in [-0.1, -0.05) is 12.1 Å². The topological polar surface area (TPSA) is 73.9 Å². The Hall–Kier alpha value is -2.24. The summed E-state index contributed by atoms with van der Waals surface area (Å²) in [6.07, 6.45) is -0.341. The summed E-state index contributed by atoms with van der Waals surface area (Å²) in [5.74, 6) is 0.232. The first-order valence-corrected chi connectivity index (χ1v) is 7.54. The summed E-state index contributed by atoms with van der Waals surface area (Å²) < 4.78 is 15.3. The minimum Gasteiger partial charge on any atom is -0.497 e. The van der Waals surface area contributed by atoms with Crippen LogP contribution >= 0.6 is 0 Å². The second-order valence-corrected chi connectivity index (χ2v) is 6.00. The van der Waals surface area contributed by atoms with E-state index in [1.54, 1.807) is 46.9 Å². The Bertz CT molecular complexity index is 519. The van der Waals surface area contributed by atoms with Gasteiger partial charge >= 0.3 is 12.1 Å². The van der Waals surface area contributed by atoms with Crippen LogP contribution in [-0.4, -0.2) is 37.4 Å². The van der Waals surface area contributed by atoms with E-state index in [-0.39, 0.29) is 6.61 Å². The van der Waals surface area contributed by atoms with Gasteiger partial charge in [-0.15, -0.1) is 0 Å². The van der Waals surface area contributed by atoms with Crippen LogP contribution in [0.5, 0.6) is 5.75 Å². The average molecular weight is 323 g/mol. The van der Waals surface area contributed by atoms with Gasteiger partial charge in [0.1, 0.15) is 17.4 Å². The van der Waals surface area contributed by atoms with Gasteiger partial charge in [0.05, 0.1) is 13.7 Å². The van der Waals surface area contributed by atoms with Crippen molar-refractivity contribution in [2.75, 3.05) is 13.7 Å². The first kappa shape index (κ1) is 18.8. The van der Waals surface area contributed by atoms with E-state index in [4.69, 9.17) is 14.2 Å². The molecule has 0 aliphatic heterocycles. The Labute approximate surface area is 137 Å². The molecule has 0 spiro atoms. The van der Waals surface area contributed by atoms with Crippen molar-refractivity contribution in [3.8, 4) is 5.75 Å². The first-order chi connectivity index (χ1) is 10.7. The normalized spacial score (nSPS) is 12.2. The van der Waals surface area contributed by atoms with Gasteiger partial charge in [0, 0.05) is 6.42 Å². The molecular weight excluding hydrogens is 298 g/mol. The minimum atomic E-state index is -0.807. The summed E-state index contributed by atoms with van der Waals surface area (Å²) >= 11 is 0. The molecule has 23 heavy (non-hydrogen) atoms. The standard InChI is InChI=1S/C17H25NO5/c1-6-22-15(19)14(18-16(20)23-17(2,3)4)11-12-7-9-13(21-5)10-8-12/h7-10,14H,6,11H2,1-5H3,(H,18,20)/t14-/m0/s1. The van der Waals surface area contributed by atoms with Crippen molar-refractivity contribution in [2.45, 2.75) is 45.8 Å². The first-order valence-electron chi connectivity index (χ1n) is 7.54. The summed E-state index contributed by atoms with van der Waals surface area (Å²) in [5, 5.41) is 2.57. The predicted molar refractivity (Wildman–Crippen MR) is 86.5 cm³/mol. The molecule has 6 heteroatoms. The van der Waals surface area contributed by atoms with Crippen molar-refractivity contribution in [2.24, 2.45) is 0 Å². The molecule has 1 atom stereocenters. The molecule has 0 radical (unpaired) electrons. The molecule has 6 nitrogen and oxygen atoms in total. The van der Waals surface area contributed by atoms with E-state index in [2.05, 4.69) is 5.32 Å². The Kier molecular flexibility index (Phi) is 6.88. The molecule has 0 saturated heterocycles. The Morgan fingerprint density at radius 2 is 1.78 bits per heavy atom. The minimum absolute atomic E-state index is 0.244. The quantitative estimate of drug-likeness (QED) is 0.815. The number of alkyl carbamates (subject to hydrolysis) is 1. The van der Waals surface area contributed by atoms with E-state index >= 15 is 0 Å². The van der Waals surface area contributed by atoms with Crippen LogP contribution in [0.4, 0.5) is 4.79 Å². The molecule has 0 aromatic heterocycles. The summed E-state index contributed by atoms with van der Waals surface area (Å²) in [6.45, 7) is 7.24. The largest absolute Gasteiger partial charge is 0.497 e. The molecule has 0 heterocycles. The summed E-state index contributed by atoms with van der Waals surface area (Å²) in [5.41, 5.74) is 0.239. The maximum Gasteiger partial charge on any atom is 0.408 e. The van der Waals surface area contributed by atoms with Crippen molar-refractivity contribution in [1.29, 1.82) is 0 Å². The number of hydrogen-bond donors (Lipinski definition) is 1. The van der Waals surface area contributed by atoms with Crippen LogP contribution in [0, 0.1) is 0 Å². The highest BCUT2D eigenvalue weighted by atomic mass is 16.6. The Morgan fingerprint density at radius 1 is 1.17 bits per heavy atom. The zero-order chi connectivity index (χ0) is 17.5. The number of rotatable bonds is 6. The van der Waals surface area contributed by atoms with Crippen LogP contribution in [0.25, 0.3) is 0 Å². The lowest BCUT2D eigenvalue weighted by molar-refractivity contribution is -0.145. The van der Waals surface area contributed by atoms with E-state index in [0.29, 0.717) is 6.42 Å². The SMILES string of the molecule is CCOC(=O)[C@H](Cc1ccc(OC)cc1)NC(=O)OC(C)(C)C. The van der Waals surface area contributed by atoms with Gasteiger partial charge in [-0.05, 0) is 45.4 Å². The number of esters is 1. The van der Waals surface area contributed by atoms with Crippen LogP contribution in [0.3, 0.4) is 0 Å². The Balaban J connectivity index is 2.79. The third kappa shape index (κ3) is 7.04. The highest BCUT2D eigenvalue weighted by molar-refractivity contribution is 5.81. The number of methoxy groups -OCH3 is 1. The van der Waals surface area contributed by atoms with Gasteiger partial charge in [0.15, 0.2) is 0 Å². The van der Waals surface area contributed by atoms with Crippen LogP contribution in [0.1, 0.15) is 33.3 Å². The molecule has 1 aromatic rings. The van der Waals surface area contributed by atoms with E-state index in [0.717, 1.165) is 11.3 Å². The van der Waals surface area contributed by atoms with E-state index < -0.39 is 23.7 Å². The van der Waals surface area contributed by atoms with Crippen LogP contribution in [0.2, 0.25) is 0 Å². The van der Waals surface area contributed by atoms with Gasteiger partial charge < -0.3 is 19.5 Å². The summed E-state index contributed by atoms with van der Waals surface area (Å²) in [6, 6.07) is 6.46. The van der Waals surface area contributed by atoms with Crippen molar-refractivity contribution in [1.82, 2.24) is 5.32 Å². The molecule has 0 aliphatic carbocycles. The van der Waals surface area contributed by atoms with Crippen molar-refractivity contribution < 1.29 is 23.8 Å². The predicted octanol–water partition coefficient (Wildman–Crippen LogP) is 2.69. The monoisotopic (exact) mass is 323 g/mol. The molecule has 0 saturated carbocycles. The fourth-order valence-corrected chi connectivity index (χ4v) is 1.88. The number of nitrogens with one attached hydrogen (secondary N) is 1. The molecule has 0 bridgehead atoms. The number of hydrogen-bond acceptors (Lipinski definition) is 5. The number of carbonyl (C=O) groups is 2. The molecule has 0 aliphatic rings. The third-order valence-corrected chi connectivity index (χ3v) is 2.86. The molecule has 1 rings (SSSR count). The molecule has 0 unspecified atom stereocenters. The lowest BCUT2D eigenvalue weighted by Gasteiger charge is -2.23. The average Bonchev–Trinajstić information content (AvgIpc) is 2.45. The van der Waals surface area contributed by atoms with E-state index in [1.165, 1.54) is 0 Å². The van der Waals surface area contributed by atoms with E-state index in [1.807, 2.05) is 12.1 Å². The van der Waals surface area contributed by atoms with Gasteiger partial charge in [-0.3, -0.25) is 0 Å². The number of amides is 1. The second-order valence-electron chi connectivity index (χ2n) is 6.00. The highest BCUT2D eigenvalue weighted by Crippen LogP contribution is 2.14. The van der Waals surface area contributed by atoms with Gasteiger partial charge in [-0.25, -0.2) is 9.59 Å². The van der Waals surface area contributed by atoms with Crippen molar-refractivity contribution in [3.05, 3.63) is 29.8 Å². The number of benzene rings is 1. The second kappa shape index (κ2) is 8.41. The highest BCUT2D eigenvalue weighted by Gasteiger charge is 2.25. The fourth-order valence-electron chi connectivity index (χ4n) is 1.88. The molecule has 1 aromatic carbocycles. The zero-order valence-corrected chi connectivity index (χ0v) is 14.3. The zero-order valence-electron chi connectivity index (χ0n) is 14.3. The van der Waals surface area contributed by atoms with Crippen molar-refractivity contribution >= 4 is 12.1 Å².